The summed E-state index contributed by atoms with van der Waals surface area (Å²) in [5.41, 5.74) is 4.82. The fourth-order valence-corrected chi connectivity index (χ4v) is 2.79. The standard InChI is InChI=1S/C21H15N3O3/c1-14-5-2-3-8-18(14)21-23-19-12-16(9-10-20(19)27-21)22-13-15-6-4-7-17(11-15)24(25)26/h2-13H,1H3. The Kier molecular flexibility index (Phi) is 4.22. The van der Waals surface area contributed by atoms with Crippen LogP contribution in [0.5, 0.6) is 0 Å². The van der Waals surface area contributed by atoms with Crippen LogP contribution in [0.1, 0.15) is 11.1 Å². The number of aryl methyl sites for hydroxylation is 1. The summed E-state index contributed by atoms with van der Waals surface area (Å²) in [5.74, 6) is 0.572. The van der Waals surface area contributed by atoms with Crippen molar-refractivity contribution in [2.24, 2.45) is 4.99 Å². The Morgan fingerprint density at radius 2 is 1.93 bits per heavy atom. The maximum atomic E-state index is 10.9. The molecule has 0 fully saturated rings. The molecule has 0 aliphatic carbocycles. The topological polar surface area (TPSA) is 81.5 Å². The van der Waals surface area contributed by atoms with Gasteiger partial charge in [-0.15, -0.1) is 0 Å². The number of nitro benzene ring substituents is 1. The molecule has 0 bridgehead atoms. The van der Waals surface area contributed by atoms with E-state index in [4.69, 9.17) is 4.42 Å². The maximum absolute atomic E-state index is 10.9. The van der Waals surface area contributed by atoms with Crippen LogP contribution in [0.2, 0.25) is 0 Å². The van der Waals surface area contributed by atoms with Crippen LogP contribution in [0.15, 0.2) is 76.1 Å². The van der Waals surface area contributed by atoms with Crippen molar-refractivity contribution in [1.29, 1.82) is 0 Å². The summed E-state index contributed by atoms with van der Waals surface area (Å²) in [6.07, 6.45) is 1.59. The van der Waals surface area contributed by atoms with Gasteiger partial charge in [0, 0.05) is 23.9 Å². The summed E-state index contributed by atoms with van der Waals surface area (Å²) in [5, 5.41) is 10.9. The van der Waals surface area contributed by atoms with E-state index >= 15 is 0 Å². The van der Waals surface area contributed by atoms with Crippen LogP contribution in [-0.4, -0.2) is 16.1 Å². The molecule has 0 aliphatic heterocycles. The number of oxazole rings is 1. The van der Waals surface area contributed by atoms with Crippen molar-refractivity contribution >= 4 is 28.7 Å². The zero-order valence-electron chi connectivity index (χ0n) is 14.5. The van der Waals surface area contributed by atoms with E-state index in [9.17, 15) is 10.1 Å². The molecule has 3 aromatic carbocycles. The number of non-ortho nitro benzene ring substituents is 1. The second-order valence-corrected chi connectivity index (χ2v) is 6.10. The van der Waals surface area contributed by atoms with Gasteiger partial charge in [0.1, 0.15) is 5.52 Å². The highest BCUT2D eigenvalue weighted by molar-refractivity contribution is 5.85. The predicted molar refractivity (Wildman–Crippen MR) is 105 cm³/mol. The molecular weight excluding hydrogens is 342 g/mol. The molecule has 0 unspecified atom stereocenters. The molecule has 1 heterocycles. The molecule has 0 atom stereocenters. The third kappa shape index (κ3) is 3.46. The summed E-state index contributed by atoms with van der Waals surface area (Å²) in [6.45, 7) is 2.01. The summed E-state index contributed by atoms with van der Waals surface area (Å²) in [4.78, 5) is 19.4. The quantitative estimate of drug-likeness (QED) is 0.276. The van der Waals surface area contributed by atoms with Gasteiger partial charge in [0.2, 0.25) is 5.89 Å². The largest absolute Gasteiger partial charge is 0.436 e. The average molecular weight is 357 g/mol. The number of aromatic nitrogens is 1. The summed E-state index contributed by atoms with van der Waals surface area (Å²) >= 11 is 0. The molecule has 4 aromatic rings. The minimum absolute atomic E-state index is 0.0359. The summed E-state index contributed by atoms with van der Waals surface area (Å²) in [6, 6.07) is 19.7. The van der Waals surface area contributed by atoms with Gasteiger partial charge >= 0.3 is 0 Å². The smallest absolute Gasteiger partial charge is 0.270 e. The number of hydrogen-bond acceptors (Lipinski definition) is 5. The van der Waals surface area contributed by atoms with Gasteiger partial charge in [0.25, 0.3) is 5.69 Å². The first-order valence-corrected chi connectivity index (χ1v) is 8.35. The molecule has 0 spiro atoms. The fourth-order valence-electron chi connectivity index (χ4n) is 2.79. The predicted octanol–water partition coefficient (Wildman–Crippen LogP) is 5.46. The zero-order valence-corrected chi connectivity index (χ0v) is 14.5. The van der Waals surface area contributed by atoms with Crippen molar-refractivity contribution in [2.75, 3.05) is 0 Å². The third-order valence-corrected chi connectivity index (χ3v) is 4.19. The maximum Gasteiger partial charge on any atom is 0.270 e. The highest BCUT2D eigenvalue weighted by Gasteiger charge is 2.10. The second kappa shape index (κ2) is 6.84. The Morgan fingerprint density at radius 1 is 1.07 bits per heavy atom. The van der Waals surface area contributed by atoms with Gasteiger partial charge in [-0.05, 0) is 42.3 Å². The Labute approximate surface area is 155 Å². The molecule has 4 rings (SSSR count). The van der Waals surface area contributed by atoms with Crippen molar-refractivity contribution < 1.29 is 9.34 Å². The molecule has 27 heavy (non-hydrogen) atoms. The lowest BCUT2D eigenvalue weighted by molar-refractivity contribution is -0.384. The monoisotopic (exact) mass is 357 g/mol. The van der Waals surface area contributed by atoms with Crippen LogP contribution in [0.3, 0.4) is 0 Å². The third-order valence-electron chi connectivity index (χ3n) is 4.19. The molecule has 6 heteroatoms. The van der Waals surface area contributed by atoms with Gasteiger partial charge in [-0.25, -0.2) is 4.98 Å². The van der Waals surface area contributed by atoms with E-state index in [2.05, 4.69) is 9.98 Å². The van der Waals surface area contributed by atoms with E-state index < -0.39 is 4.92 Å². The number of benzene rings is 3. The van der Waals surface area contributed by atoms with E-state index in [1.807, 2.05) is 49.4 Å². The lowest BCUT2D eigenvalue weighted by Crippen LogP contribution is -1.89. The van der Waals surface area contributed by atoms with E-state index in [0.717, 1.165) is 11.1 Å². The molecule has 0 saturated heterocycles. The van der Waals surface area contributed by atoms with Gasteiger partial charge in [-0.2, -0.15) is 0 Å². The molecule has 1 aromatic heterocycles. The summed E-state index contributed by atoms with van der Waals surface area (Å²) < 4.78 is 5.86. The number of hydrogen-bond donors (Lipinski definition) is 0. The second-order valence-electron chi connectivity index (χ2n) is 6.10. The van der Waals surface area contributed by atoms with Gasteiger partial charge in [-0.1, -0.05) is 30.3 Å². The first kappa shape index (κ1) is 16.7. The van der Waals surface area contributed by atoms with Crippen molar-refractivity contribution in [1.82, 2.24) is 4.98 Å². The molecule has 0 aliphatic rings. The number of fused-ring (bicyclic) bond motifs is 1. The fraction of sp³-hybridized carbons (Fsp3) is 0.0476. The number of nitrogens with zero attached hydrogens (tertiary/aromatic N) is 3. The molecule has 0 radical (unpaired) electrons. The Bertz CT molecular complexity index is 1180. The minimum atomic E-state index is -0.425. The van der Waals surface area contributed by atoms with Crippen LogP contribution in [0.25, 0.3) is 22.6 Å². The van der Waals surface area contributed by atoms with E-state index in [1.165, 1.54) is 12.1 Å². The first-order valence-electron chi connectivity index (χ1n) is 8.35. The van der Waals surface area contributed by atoms with E-state index in [-0.39, 0.29) is 5.69 Å². The van der Waals surface area contributed by atoms with Gasteiger partial charge < -0.3 is 4.42 Å². The van der Waals surface area contributed by atoms with Crippen molar-refractivity contribution in [2.45, 2.75) is 6.92 Å². The van der Waals surface area contributed by atoms with Crippen molar-refractivity contribution in [3.63, 3.8) is 0 Å². The molecule has 6 nitrogen and oxygen atoms in total. The van der Waals surface area contributed by atoms with Crippen LogP contribution in [0.4, 0.5) is 11.4 Å². The van der Waals surface area contributed by atoms with Crippen molar-refractivity contribution in [3.05, 3.63) is 88.0 Å². The number of rotatable bonds is 4. The van der Waals surface area contributed by atoms with Gasteiger partial charge in [0.15, 0.2) is 5.58 Å². The van der Waals surface area contributed by atoms with Crippen LogP contribution in [-0.2, 0) is 0 Å². The van der Waals surface area contributed by atoms with E-state index in [1.54, 1.807) is 18.3 Å². The Morgan fingerprint density at radius 3 is 2.74 bits per heavy atom. The van der Waals surface area contributed by atoms with Gasteiger partial charge in [-0.3, -0.25) is 15.1 Å². The lowest BCUT2D eigenvalue weighted by Gasteiger charge is -1.98. The highest BCUT2D eigenvalue weighted by atomic mass is 16.6. The van der Waals surface area contributed by atoms with Crippen LogP contribution in [0, 0.1) is 17.0 Å². The summed E-state index contributed by atoms with van der Waals surface area (Å²) in [7, 11) is 0. The Balaban J connectivity index is 1.65. The molecule has 0 amide bonds. The number of aliphatic imine (C=N–C) groups is 1. The molecule has 0 saturated carbocycles. The zero-order chi connectivity index (χ0) is 18.8. The molecule has 132 valence electrons. The van der Waals surface area contributed by atoms with Crippen molar-refractivity contribution in [3.8, 4) is 11.5 Å². The van der Waals surface area contributed by atoms with Crippen LogP contribution >= 0.6 is 0 Å². The molecule has 0 N–H and O–H groups in total. The Hall–Kier alpha value is -3.80. The first-order chi connectivity index (χ1) is 13.1. The van der Waals surface area contributed by atoms with E-state index in [0.29, 0.717) is 28.2 Å². The minimum Gasteiger partial charge on any atom is -0.436 e. The van der Waals surface area contributed by atoms with Gasteiger partial charge in [0.05, 0.1) is 10.6 Å². The molecular formula is C21H15N3O3. The van der Waals surface area contributed by atoms with Crippen LogP contribution < -0.4 is 0 Å². The SMILES string of the molecule is Cc1ccccc1-c1nc2cc(N=Cc3cccc([N+](=O)[O-])c3)ccc2o1. The lowest BCUT2D eigenvalue weighted by atomic mass is 10.1. The average Bonchev–Trinajstić information content (AvgIpc) is 3.10. The normalized spacial score (nSPS) is 11.3. The number of nitro groups is 1. The highest BCUT2D eigenvalue weighted by Crippen LogP contribution is 2.28.